The Kier molecular flexibility index (Phi) is 6.60. The lowest BCUT2D eigenvalue weighted by Crippen LogP contribution is -1.95. The molecule has 6 aromatic carbocycles. The molecule has 0 unspecified atom stereocenters. The Morgan fingerprint density at radius 1 is 0.489 bits per heavy atom. The first-order valence-electron chi connectivity index (χ1n) is 16.1. The van der Waals surface area contributed by atoms with Crippen molar-refractivity contribution >= 4 is 38.1 Å². The minimum Gasteiger partial charge on any atom is -0.456 e. The summed E-state index contributed by atoms with van der Waals surface area (Å²) in [4.78, 5) is 10.0. The van der Waals surface area contributed by atoms with Gasteiger partial charge in [0, 0.05) is 33.0 Å². The van der Waals surface area contributed by atoms with Crippen molar-refractivity contribution < 1.29 is 4.42 Å². The Labute approximate surface area is 273 Å². The normalized spacial score (nSPS) is 13.0. The van der Waals surface area contributed by atoms with Crippen molar-refractivity contribution in [2.75, 3.05) is 0 Å². The molecule has 0 saturated carbocycles. The molecule has 47 heavy (non-hydrogen) atoms. The number of hydrogen-bond donors (Lipinski definition) is 0. The number of hydrogen-bond acceptors (Lipinski definition) is 3. The fraction of sp³-hybridized carbons (Fsp3) is 0.0455. The highest BCUT2D eigenvalue weighted by Gasteiger charge is 2.14. The van der Waals surface area contributed by atoms with Crippen LogP contribution in [0.25, 0.3) is 83.1 Å². The summed E-state index contributed by atoms with van der Waals surface area (Å²) in [6, 6.07) is 49.0. The summed E-state index contributed by atoms with van der Waals surface area (Å²) in [5.41, 5.74) is 9.35. The first-order valence-corrected chi connectivity index (χ1v) is 16.1. The number of nitrogens with zero attached hydrogens (tertiary/aromatic N) is 2. The molecule has 9 rings (SSSR count). The van der Waals surface area contributed by atoms with Crippen molar-refractivity contribution in [2.45, 2.75) is 12.8 Å². The zero-order valence-corrected chi connectivity index (χ0v) is 25.7. The third kappa shape index (κ3) is 5.03. The van der Waals surface area contributed by atoms with Crippen LogP contribution in [-0.4, -0.2) is 9.97 Å². The Bertz CT molecular complexity index is 2430. The van der Waals surface area contributed by atoms with Gasteiger partial charge < -0.3 is 4.42 Å². The first kappa shape index (κ1) is 27.3. The van der Waals surface area contributed by atoms with Crippen LogP contribution in [0.5, 0.6) is 0 Å². The summed E-state index contributed by atoms with van der Waals surface area (Å²) in [5, 5.41) is 6.05. The van der Waals surface area contributed by atoms with Crippen molar-refractivity contribution in [1.29, 1.82) is 0 Å². The van der Waals surface area contributed by atoms with Crippen molar-refractivity contribution in [3.8, 4) is 45.0 Å². The molecule has 3 heteroatoms. The van der Waals surface area contributed by atoms with Crippen molar-refractivity contribution in [3.63, 3.8) is 0 Å². The second kappa shape index (κ2) is 11.4. The average Bonchev–Trinajstić information content (AvgIpc) is 3.60. The van der Waals surface area contributed by atoms with E-state index in [1.165, 1.54) is 32.7 Å². The molecule has 3 nitrogen and oxygen atoms in total. The van der Waals surface area contributed by atoms with Crippen LogP contribution in [-0.2, 0) is 0 Å². The van der Waals surface area contributed by atoms with E-state index in [0.29, 0.717) is 5.82 Å². The third-order valence-corrected chi connectivity index (χ3v) is 9.12. The van der Waals surface area contributed by atoms with Crippen LogP contribution >= 0.6 is 0 Å². The highest BCUT2D eigenvalue weighted by Crippen LogP contribution is 2.38. The number of aromatic nitrogens is 2. The van der Waals surface area contributed by atoms with Gasteiger partial charge in [-0.3, -0.25) is 0 Å². The van der Waals surface area contributed by atoms with E-state index in [1.807, 2.05) is 36.4 Å². The minimum absolute atomic E-state index is 0.713. The second-order valence-electron chi connectivity index (χ2n) is 12.1. The highest BCUT2D eigenvalue weighted by molar-refractivity contribution is 6.20. The van der Waals surface area contributed by atoms with Crippen LogP contribution in [0.3, 0.4) is 0 Å². The van der Waals surface area contributed by atoms with Crippen LogP contribution < -0.4 is 0 Å². The van der Waals surface area contributed by atoms with Crippen molar-refractivity contribution in [3.05, 3.63) is 164 Å². The maximum Gasteiger partial charge on any atom is 0.160 e. The van der Waals surface area contributed by atoms with Crippen LogP contribution in [0.4, 0.5) is 0 Å². The summed E-state index contributed by atoms with van der Waals surface area (Å²) in [6.45, 7) is 0. The maximum atomic E-state index is 6.34. The van der Waals surface area contributed by atoms with Crippen molar-refractivity contribution in [1.82, 2.24) is 9.97 Å². The number of fused-ring (bicyclic) bond motifs is 5. The van der Waals surface area contributed by atoms with Gasteiger partial charge in [0.1, 0.15) is 11.3 Å². The van der Waals surface area contributed by atoms with E-state index < -0.39 is 0 Å². The van der Waals surface area contributed by atoms with E-state index in [1.54, 1.807) is 0 Å². The monoisotopic (exact) mass is 602 g/mol. The topological polar surface area (TPSA) is 38.9 Å². The molecule has 1 aliphatic carbocycles. The Hall–Kier alpha value is -6.06. The fourth-order valence-corrected chi connectivity index (χ4v) is 6.70. The molecular formula is C44H30N2O. The van der Waals surface area contributed by atoms with Crippen LogP contribution in [0.2, 0.25) is 0 Å². The predicted molar refractivity (Wildman–Crippen MR) is 195 cm³/mol. The number of benzene rings is 6. The summed E-state index contributed by atoms with van der Waals surface area (Å²) >= 11 is 0. The molecule has 2 aromatic heterocycles. The van der Waals surface area contributed by atoms with Gasteiger partial charge in [-0.05, 0) is 64.4 Å². The summed E-state index contributed by atoms with van der Waals surface area (Å²) in [5.74, 6) is 1.65. The second-order valence-corrected chi connectivity index (χ2v) is 12.1. The quantitative estimate of drug-likeness (QED) is 0.184. The number of rotatable bonds is 5. The Morgan fingerprint density at radius 2 is 1.15 bits per heavy atom. The zero-order valence-electron chi connectivity index (χ0n) is 25.7. The van der Waals surface area contributed by atoms with Crippen LogP contribution in [0.15, 0.2) is 162 Å². The molecule has 0 atom stereocenters. The maximum absolute atomic E-state index is 6.34. The van der Waals surface area contributed by atoms with Gasteiger partial charge in [0.15, 0.2) is 5.82 Å². The predicted octanol–water partition coefficient (Wildman–Crippen LogP) is 11.9. The molecule has 0 spiro atoms. The van der Waals surface area contributed by atoms with E-state index in [0.717, 1.165) is 63.2 Å². The van der Waals surface area contributed by atoms with Gasteiger partial charge in [-0.15, -0.1) is 0 Å². The fourth-order valence-electron chi connectivity index (χ4n) is 6.70. The molecule has 1 aliphatic rings. The van der Waals surface area contributed by atoms with Crippen LogP contribution in [0, 0.1) is 0 Å². The largest absolute Gasteiger partial charge is 0.456 e. The van der Waals surface area contributed by atoms with Gasteiger partial charge in [0.05, 0.1) is 11.4 Å². The molecular weight excluding hydrogens is 572 g/mol. The van der Waals surface area contributed by atoms with E-state index in [9.17, 15) is 0 Å². The summed E-state index contributed by atoms with van der Waals surface area (Å²) in [6.07, 6.45) is 8.81. The van der Waals surface area contributed by atoms with E-state index >= 15 is 0 Å². The summed E-state index contributed by atoms with van der Waals surface area (Å²) < 4.78 is 6.34. The smallest absolute Gasteiger partial charge is 0.160 e. The molecule has 0 fully saturated rings. The average molecular weight is 603 g/mol. The molecule has 2 heterocycles. The Balaban J connectivity index is 1.09. The molecule has 8 aromatic rings. The van der Waals surface area contributed by atoms with E-state index in [-0.39, 0.29) is 0 Å². The van der Waals surface area contributed by atoms with Gasteiger partial charge in [-0.2, -0.15) is 0 Å². The molecule has 0 amide bonds. The van der Waals surface area contributed by atoms with Gasteiger partial charge in [0.2, 0.25) is 0 Å². The molecule has 0 radical (unpaired) electrons. The molecule has 0 N–H and O–H groups in total. The van der Waals surface area contributed by atoms with E-state index in [4.69, 9.17) is 14.4 Å². The first-order chi connectivity index (χ1) is 23.3. The third-order valence-electron chi connectivity index (χ3n) is 9.12. The Morgan fingerprint density at radius 3 is 1.85 bits per heavy atom. The zero-order chi connectivity index (χ0) is 31.2. The van der Waals surface area contributed by atoms with Gasteiger partial charge in [-0.1, -0.05) is 133 Å². The summed E-state index contributed by atoms with van der Waals surface area (Å²) in [7, 11) is 0. The minimum atomic E-state index is 0.713. The lowest BCUT2D eigenvalue weighted by atomic mass is 9.95. The van der Waals surface area contributed by atoms with Crippen molar-refractivity contribution in [2.24, 2.45) is 0 Å². The standard InChI is InChI=1S/C44H30N2O/c1-4-10-30(11-5-1)39-28-40(31-12-6-2-7-13-31)46-44(45-39)34-19-16-29(17-20-34)35-22-24-37-36(26-35)21-18-33-23-25-41-38(43(33)37)27-42(47-41)32-14-8-3-9-15-32/h1-2,4-8,10-28H,3,9H2. The number of furan rings is 1. The molecule has 0 bridgehead atoms. The van der Waals surface area contributed by atoms with Gasteiger partial charge >= 0.3 is 0 Å². The van der Waals surface area contributed by atoms with Gasteiger partial charge in [0.25, 0.3) is 0 Å². The number of allylic oxidation sites excluding steroid dienone is 4. The highest BCUT2D eigenvalue weighted by atomic mass is 16.3. The van der Waals surface area contributed by atoms with E-state index in [2.05, 4.69) is 121 Å². The molecule has 0 aliphatic heterocycles. The SMILES string of the molecule is C1=CC(c2cc3c(ccc4ccc5cc(-c6ccc(-c7nc(-c8ccccc8)cc(-c8ccccc8)n7)cc6)ccc5c43)o2)=CCC1. The lowest BCUT2D eigenvalue weighted by Gasteiger charge is -2.11. The van der Waals surface area contributed by atoms with Gasteiger partial charge in [-0.25, -0.2) is 9.97 Å². The molecule has 222 valence electrons. The molecule has 0 saturated heterocycles. The lowest BCUT2D eigenvalue weighted by molar-refractivity contribution is 0.600. The van der Waals surface area contributed by atoms with Crippen LogP contribution in [0.1, 0.15) is 18.6 Å².